The highest BCUT2D eigenvalue weighted by Crippen LogP contribution is 2.20. The van der Waals surface area contributed by atoms with Crippen LogP contribution in [0.2, 0.25) is 0 Å². The third-order valence-corrected chi connectivity index (χ3v) is 3.33. The van der Waals surface area contributed by atoms with Crippen molar-refractivity contribution in [3.8, 4) is 5.75 Å². The molecule has 110 valence electrons. The van der Waals surface area contributed by atoms with Gasteiger partial charge in [-0.1, -0.05) is 13.8 Å². The second-order valence-corrected chi connectivity index (χ2v) is 5.64. The number of carbonyl (C=O) groups is 1. The molecule has 2 rings (SSSR count). The van der Waals surface area contributed by atoms with Crippen LogP contribution in [0, 0.1) is 11.7 Å². The Bertz CT molecular complexity index is 485. The molecule has 20 heavy (non-hydrogen) atoms. The number of rotatable bonds is 5. The van der Waals surface area contributed by atoms with E-state index in [9.17, 15) is 9.18 Å². The molecule has 1 aliphatic rings. The van der Waals surface area contributed by atoms with Crippen LogP contribution < -0.4 is 10.5 Å². The number of likely N-dealkylation sites (tertiary alicyclic amines) is 1. The molecule has 1 heterocycles. The summed E-state index contributed by atoms with van der Waals surface area (Å²) in [6.45, 7) is 5.73. The molecule has 4 nitrogen and oxygen atoms in total. The van der Waals surface area contributed by atoms with Gasteiger partial charge in [0.2, 0.25) is 0 Å². The van der Waals surface area contributed by atoms with Crippen molar-refractivity contribution in [2.24, 2.45) is 11.7 Å². The third-order valence-electron chi connectivity index (χ3n) is 3.33. The van der Waals surface area contributed by atoms with Gasteiger partial charge in [0, 0.05) is 25.2 Å². The number of nitrogens with zero attached hydrogens (tertiary/aromatic N) is 1. The first-order chi connectivity index (χ1) is 9.47. The molecule has 1 aromatic rings. The van der Waals surface area contributed by atoms with Crippen LogP contribution in [0.4, 0.5) is 4.39 Å². The van der Waals surface area contributed by atoms with Gasteiger partial charge in [-0.25, -0.2) is 4.39 Å². The number of amides is 1. The molecule has 0 unspecified atom stereocenters. The summed E-state index contributed by atoms with van der Waals surface area (Å²) >= 11 is 0. The minimum Gasteiger partial charge on any atom is -0.493 e. The van der Waals surface area contributed by atoms with Crippen LogP contribution in [0.25, 0.3) is 0 Å². The predicted molar refractivity (Wildman–Crippen MR) is 75.2 cm³/mol. The molecule has 1 aliphatic heterocycles. The van der Waals surface area contributed by atoms with Gasteiger partial charge in [-0.15, -0.1) is 0 Å². The minimum absolute atomic E-state index is 0.0145. The SMILES string of the molecule is CC(C)CCOc1ccc(C(=O)N2CC(N)C2)c(F)c1. The van der Waals surface area contributed by atoms with Crippen LogP contribution >= 0.6 is 0 Å². The molecule has 0 atom stereocenters. The second-order valence-electron chi connectivity index (χ2n) is 5.64. The van der Waals surface area contributed by atoms with E-state index < -0.39 is 5.82 Å². The van der Waals surface area contributed by atoms with Crippen LogP contribution in [0.5, 0.6) is 5.75 Å². The Morgan fingerprint density at radius 3 is 2.75 bits per heavy atom. The van der Waals surface area contributed by atoms with Crippen molar-refractivity contribution >= 4 is 5.91 Å². The van der Waals surface area contributed by atoms with Gasteiger partial charge in [0.25, 0.3) is 5.91 Å². The molecular formula is C15H21FN2O2. The predicted octanol–water partition coefficient (Wildman–Crippen LogP) is 2.03. The molecule has 0 aliphatic carbocycles. The van der Waals surface area contributed by atoms with E-state index in [2.05, 4.69) is 13.8 Å². The van der Waals surface area contributed by atoms with E-state index in [4.69, 9.17) is 10.5 Å². The normalized spacial score (nSPS) is 15.3. The summed E-state index contributed by atoms with van der Waals surface area (Å²) in [6, 6.07) is 4.40. The van der Waals surface area contributed by atoms with E-state index in [0.717, 1.165) is 6.42 Å². The number of hydrogen-bond acceptors (Lipinski definition) is 3. The Balaban J connectivity index is 1.97. The van der Waals surface area contributed by atoms with Gasteiger partial charge in [-0.3, -0.25) is 4.79 Å². The molecule has 0 saturated carbocycles. The molecule has 5 heteroatoms. The molecule has 1 saturated heterocycles. The van der Waals surface area contributed by atoms with E-state index in [-0.39, 0.29) is 17.5 Å². The first-order valence-corrected chi connectivity index (χ1v) is 6.94. The smallest absolute Gasteiger partial charge is 0.256 e. The Kier molecular flexibility index (Phi) is 4.60. The van der Waals surface area contributed by atoms with Gasteiger partial charge < -0.3 is 15.4 Å². The zero-order chi connectivity index (χ0) is 14.7. The van der Waals surface area contributed by atoms with E-state index in [1.807, 2.05) is 0 Å². The Morgan fingerprint density at radius 1 is 1.50 bits per heavy atom. The molecule has 1 aromatic carbocycles. The second kappa shape index (κ2) is 6.22. The third kappa shape index (κ3) is 3.48. The Hall–Kier alpha value is -1.62. The largest absolute Gasteiger partial charge is 0.493 e. The lowest BCUT2D eigenvalue weighted by atomic mass is 10.1. The van der Waals surface area contributed by atoms with Gasteiger partial charge in [-0.2, -0.15) is 0 Å². The Morgan fingerprint density at radius 2 is 2.20 bits per heavy atom. The molecule has 2 N–H and O–H groups in total. The highest BCUT2D eigenvalue weighted by molar-refractivity contribution is 5.95. The zero-order valence-electron chi connectivity index (χ0n) is 11.9. The van der Waals surface area contributed by atoms with Crippen LogP contribution in [0.3, 0.4) is 0 Å². The quantitative estimate of drug-likeness (QED) is 0.898. The fraction of sp³-hybridized carbons (Fsp3) is 0.533. The van der Waals surface area contributed by atoms with Crippen LogP contribution in [0.1, 0.15) is 30.6 Å². The number of halogens is 1. The van der Waals surface area contributed by atoms with Gasteiger partial charge in [0.15, 0.2) is 0 Å². The van der Waals surface area contributed by atoms with E-state index >= 15 is 0 Å². The number of benzene rings is 1. The maximum absolute atomic E-state index is 13.9. The molecule has 0 radical (unpaired) electrons. The van der Waals surface area contributed by atoms with Crippen molar-refractivity contribution < 1.29 is 13.9 Å². The number of ether oxygens (including phenoxy) is 1. The number of carbonyl (C=O) groups excluding carboxylic acids is 1. The van der Waals surface area contributed by atoms with Crippen molar-refractivity contribution in [3.05, 3.63) is 29.6 Å². The van der Waals surface area contributed by atoms with Gasteiger partial charge >= 0.3 is 0 Å². The molecule has 1 fully saturated rings. The highest BCUT2D eigenvalue weighted by Gasteiger charge is 2.29. The highest BCUT2D eigenvalue weighted by atomic mass is 19.1. The monoisotopic (exact) mass is 280 g/mol. The maximum atomic E-state index is 13.9. The lowest BCUT2D eigenvalue weighted by molar-refractivity contribution is 0.0603. The standard InChI is InChI=1S/C15H21FN2O2/c1-10(2)5-6-20-12-3-4-13(14(16)7-12)15(19)18-8-11(17)9-18/h3-4,7,10-11H,5-6,8-9,17H2,1-2H3. The summed E-state index contributed by atoms with van der Waals surface area (Å²) in [5.74, 6) is 0.145. The molecule has 0 aromatic heterocycles. The van der Waals surface area contributed by atoms with Gasteiger partial charge in [0.05, 0.1) is 12.2 Å². The summed E-state index contributed by atoms with van der Waals surface area (Å²) in [4.78, 5) is 13.5. The van der Waals surface area contributed by atoms with E-state index in [1.54, 1.807) is 11.0 Å². The van der Waals surface area contributed by atoms with Crippen molar-refractivity contribution in [2.45, 2.75) is 26.3 Å². The first kappa shape index (κ1) is 14.8. The fourth-order valence-corrected chi connectivity index (χ4v) is 2.02. The van der Waals surface area contributed by atoms with Crippen LogP contribution in [-0.2, 0) is 0 Å². The van der Waals surface area contributed by atoms with Crippen LogP contribution in [0.15, 0.2) is 18.2 Å². The van der Waals surface area contributed by atoms with Crippen molar-refractivity contribution in [1.82, 2.24) is 4.90 Å². The topological polar surface area (TPSA) is 55.6 Å². The summed E-state index contributed by atoms with van der Waals surface area (Å²) in [7, 11) is 0. The zero-order valence-corrected chi connectivity index (χ0v) is 11.9. The molecule has 0 bridgehead atoms. The lowest BCUT2D eigenvalue weighted by Crippen LogP contribution is -2.57. The van der Waals surface area contributed by atoms with Crippen molar-refractivity contribution in [2.75, 3.05) is 19.7 Å². The molecule has 0 spiro atoms. The number of nitrogens with two attached hydrogens (primary N) is 1. The van der Waals surface area contributed by atoms with Gasteiger partial charge in [0.1, 0.15) is 11.6 Å². The summed E-state index contributed by atoms with van der Waals surface area (Å²) < 4.78 is 19.4. The summed E-state index contributed by atoms with van der Waals surface area (Å²) in [6.07, 6.45) is 0.911. The van der Waals surface area contributed by atoms with E-state index in [0.29, 0.717) is 31.4 Å². The van der Waals surface area contributed by atoms with E-state index in [1.165, 1.54) is 12.1 Å². The Labute approximate surface area is 118 Å². The molecule has 1 amide bonds. The van der Waals surface area contributed by atoms with Gasteiger partial charge in [-0.05, 0) is 24.5 Å². The van der Waals surface area contributed by atoms with Crippen molar-refractivity contribution in [1.29, 1.82) is 0 Å². The average molecular weight is 280 g/mol. The minimum atomic E-state index is -0.544. The average Bonchev–Trinajstić information content (AvgIpc) is 2.34. The lowest BCUT2D eigenvalue weighted by Gasteiger charge is -2.36. The first-order valence-electron chi connectivity index (χ1n) is 6.94. The summed E-state index contributed by atoms with van der Waals surface area (Å²) in [5, 5.41) is 0. The summed E-state index contributed by atoms with van der Waals surface area (Å²) in [5.41, 5.74) is 5.70. The number of hydrogen-bond donors (Lipinski definition) is 1. The van der Waals surface area contributed by atoms with Crippen LogP contribution in [-0.4, -0.2) is 36.5 Å². The maximum Gasteiger partial charge on any atom is 0.256 e. The van der Waals surface area contributed by atoms with Crippen molar-refractivity contribution in [3.63, 3.8) is 0 Å². The fourth-order valence-electron chi connectivity index (χ4n) is 2.02. The molecular weight excluding hydrogens is 259 g/mol.